The maximum atomic E-state index is 9.45. The van der Waals surface area contributed by atoms with Gasteiger partial charge in [0.1, 0.15) is 5.84 Å². The van der Waals surface area contributed by atoms with Gasteiger partial charge in [0.15, 0.2) is 0 Å². The van der Waals surface area contributed by atoms with Crippen LogP contribution in [-0.2, 0) is 0 Å². The molecule has 2 aliphatic heterocycles. The lowest BCUT2D eigenvalue weighted by molar-refractivity contribution is 0.200. The Hall–Kier alpha value is -1.34. The summed E-state index contributed by atoms with van der Waals surface area (Å²) in [6.45, 7) is 4.53. The van der Waals surface area contributed by atoms with Crippen molar-refractivity contribution < 1.29 is 0 Å². The van der Waals surface area contributed by atoms with E-state index in [1.807, 2.05) is 6.08 Å². The third-order valence-electron chi connectivity index (χ3n) is 7.04. The first-order valence-corrected chi connectivity index (χ1v) is 10.4. The van der Waals surface area contributed by atoms with Crippen molar-refractivity contribution in [1.82, 2.24) is 9.80 Å². The van der Waals surface area contributed by atoms with Gasteiger partial charge in [-0.05, 0) is 38.6 Å². The standard InChI is InChI=1S/C21H32N4/c1-24-12-14-25(15-13-24)21-19-8-3-2-6-16(19)17(10-11-22)18-7-4-5-9-20(18)23-21/h10,16,18-20H,2-9,12-15H2,1H3/b17-10-. The molecule has 0 N–H and O–H groups in total. The Morgan fingerprint density at radius 2 is 1.56 bits per heavy atom. The van der Waals surface area contributed by atoms with Gasteiger partial charge in [-0.15, -0.1) is 0 Å². The van der Waals surface area contributed by atoms with E-state index in [-0.39, 0.29) is 0 Å². The SMILES string of the molecule is CN1CCN(C2=NC3CCCCC3/C(=C\C#N)C3CCCCC23)CC1. The number of aliphatic imine (C=N–C) groups is 1. The largest absolute Gasteiger partial charge is 0.358 e. The Bertz CT molecular complexity index is 579. The monoisotopic (exact) mass is 340 g/mol. The second kappa shape index (κ2) is 7.50. The second-order valence-corrected chi connectivity index (χ2v) is 8.51. The topological polar surface area (TPSA) is 42.6 Å². The van der Waals surface area contributed by atoms with Crippen LogP contribution in [-0.4, -0.2) is 54.9 Å². The molecule has 25 heavy (non-hydrogen) atoms. The smallest absolute Gasteiger partial charge is 0.103 e. The summed E-state index contributed by atoms with van der Waals surface area (Å²) in [5.41, 5.74) is 1.46. The van der Waals surface area contributed by atoms with Crippen LogP contribution in [0, 0.1) is 29.1 Å². The van der Waals surface area contributed by atoms with E-state index in [0.29, 0.717) is 23.8 Å². The molecular weight excluding hydrogens is 308 g/mol. The quantitative estimate of drug-likeness (QED) is 0.634. The number of piperazine rings is 1. The Balaban J connectivity index is 1.70. The number of nitrogens with zero attached hydrogens (tertiary/aromatic N) is 4. The van der Waals surface area contributed by atoms with E-state index in [1.165, 1.54) is 62.8 Å². The van der Waals surface area contributed by atoms with Crippen molar-refractivity contribution in [3.8, 4) is 6.07 Å². The molecule has 0 radical (unpaired) electrons. The number of likely N-dealkylation sites (N-methyl/N-ethyl adjacent to an activating group) is 1. The van der Waals surface area contributed by atoms with E-state index in [1.54, 1.807) is 0 Å². The zero-order valence-corrected chi connectivity index (χ0v) is 15.7. The Morgan fingerprint density at radius 3 is 2.28 bits per heavy atom. The van der Waals surface area contributed by atoms with Gasteiger partial charge in [-0.3, -0.25) is 4.99 Å². The zero-order chi connectivity index (χ0) is 17.2. The van der Waals surface area contributed by atoms with Gasteiger partial charge in [0, 0.05) is 44.1 Å². The minimum Gasteiger partial charge on any atom is -0.358 e. The molecular formula is C21H32N4. The molecule has 1 saturated heterocycles. The summed E-state index contributed by atoms with van der Waals surface area (Å²) in [6, 6.07) is 2.82. The molecule has 0 amide bonds. The number of hydrogen-bond donors (Lipinski definition) is 0. The summed E-state index contributed by atoms with van der Waals surface area (Å²) >= 11 is 0. The van der Waals surface area contributed by atoms with Gasteiger partial charge in [-0.1, -0.05) is 31.3 Å². The zero-order valence-electron chi connectivity index (χ0n) is 15.7. The highest BCUT2D eigenvalue weighted by Crippen LogP contribution is 2.46. The van der Waals surface area contributed by atoms with Crippen molar-refractivity contribution in [3.05, 3.63) is 11.6 Å². The number of hydrogen-bond acceptors (Lipinski definition) is 4. The summed E-state index contributed by atoms with van der Waals surface area (Å²) in [6.07, 6.45) is 12.1. The predicted molar refractivity (Wildman–Crippen MR) is 101 cm³/mol. The third kappa shape index (κ3) is 3.36. The van der Waals surface area contributed by atoms with Crippen LogP contribution < -0.4 is 0 Å². The van der Waals surface area contributed by atoms with Crippen molar-refractivity contribution in [3.63, 3.8) is 0 Å². The van der Waals surface area contributed by atoms with Crippen LogP contribution in [0.2, 0.25) is 0 Å². The fraction of sp³-hybridized carbons (Fsp3) is 0.810. The number of rotatable bonds is 0. The van der Waals surface area contributed by atoms with Gasteiger partial charge >= 0.3 is 0 Å². The van der Waals surface area contributed by atoms with Crippen LogP contribution in [0.25, 0.3) is 0 Å². The summed E-state index contributed by atoms with van der Waals surface area (Å²) < 4.78 is 0. The summed E-state index contributed by atoms with van der Waals surface area (Å²) in [5.74, 6) is 3.07. The molecule has 2 saturated carbocycles. The van der Waals surface area contributed by atoms with Gasteiger partial charge in [-0.2, -0.15) is 5.26 Å². The Morgan fingerprint density at radius 1 is 0.920 bits per heavy atom. The second-order valence-electron chi connectivity index (χ2n) is 8.51. The molecule has 0 spiro atoms. The lowest BCUT2D eigenvalue weighted by atomic mass is 9.68. The van der Waals surface area contributed by atoms with Crippen LogP contribution in [0.5, 0.6) is 0 Å². The fourth-order valence-corrected chi connectivity index (χ4v) is 5.67. The van der Waals surface area contributed by atoms with Crippen molar-refractivity contribution >= 4 is 5.84 Å². The van der Waals surface area contributed by atoms with Gasteiger partial charge in [0.2, 0.25) is 0 Å². The van der Waals surface area contributed by atoms with Gasteiger partial charge in [-0.25, -0.2) is 0 Å². The van der Waals surface area contributed by atoms with E-state index in [2.05, 4.69) is 22.9 Å². The van der Waals surface area contributed by atoms with Gasteiger partial charge in [0.25, 0.3) is 0 Å². The van der Waals surface area contributed by atoms with Crippen LogP contribution in [0.1, 0.15) is 51.4 Å². The number of allylic oxidation sites excluding steroid dienone is 1. The number of amidine groups is 1. The van der Waals surface area contributed by atoms with Crippen LogP contribution in [0.15, 0.2) is 16.6 Å². The first-order valence-electron chi connectivity index (χ1n) is 10.4. The summed E-state index contributed by atoms with van der Waals surface area (Å²) in [5, 5.41) is 9.45. The summed E-state index contributed by atoms with van der Waals surface area (Å²) in [4.78, 5) is 10.5. The lowest BCUT2D eigenvalue weighted by Crippen LogP contribution is -2.50. The highest BCUT2D eigenvalue weighted by atomic mass is 15.3. The molecule has 4 unspecified atom stereocenters. The molecule has 4 atom stereocenters. The number of fused-ring (bicyclic) bond motifs is 2. The van der Waals surface area contributed by atoms with Gasteiger partial charge < -0.3 is 9.80 Å². The van der Waals surface area contributed by atoms with E-state index < -0.39 is 0 Å². The van der Waals surface area contributed by atoms with Crippen molar-refractivity contribution in [2.24, 2.45) is 22.7 Å². The highest BCUT2D eigenvalue weighted by Gasteiger charge is 2.42. The summed E-state index contributed by atoms with van der Waals surface area (Å²) in [7, 11) is 2.22. The van der Waals surface area contributed by atoms with Crippen molar-refractivity contribution in [2.75, 3.05) is 33.2 Å². The molecule has 0 aromatic heterocycles. The lowest BCUT2D eigenvalue weighted by Gasteiger charge is -2.41. The average molecular weight is 341 g/mol. The van der Waals surface area contributed by atoms with E-state index in [9.17, 15) is 5.26 Å². The van der Waals surface area contributed by atoms with Crippen LogP contribution in [0.3, 0.4) is 0 Å². The molecule has 4 heteroatoms. The highest BCUT2D eigenvalue weighted by molar-refractivity contribution is 5.86. The molecule has 136 valence electrons. The molecule has 3 fully saturated rings. The van der Waals surface area contributed by atoms with Crippen molar-refractivity contribution in [1.29, 1.82) is 5.26 Å². The average Bonchev–Trinajstić information content (AvgIpc) is 2.79. The Kier molecular flexibility index (Phi) is 5.12. The first kappa shape index (κ1) is 17.1. The van der Waals surface area contributed by atoms with Gasteiger partial charge in [0.05, 0.1) is 12.1 Å². The van der Waals surface area contributed by atoms with Crippen LogP contribution >= 0.6 is 0 Å². The first-order chi connectivity index (χ1) is 12.3. The third-order valence-corrected chi connectivity index (χ3v) is 7.04. The predicted octanol–water partition coefficient (Wildman–Crippen LogP) is 3.46. The molecule has 2 aliphatic carbocycles. The molecule has 0 aromatic rings. The molecule has 4 aliphatic rings. The van der Waals surface area contributed by atoms with E-state index in [4.69, 9.17) is 4.99 Å². The molecule has 4 nitrogen and oxygen atoms in total. The molecule has 4 rings (SSSR count). The van der Waals surface area contributed by atoms with E-state index >= 15 is 0 Å². The Labute approximate surface area is 152 Å². The molecule has 0 bridgehead atoms. The van der Waals surface area contributed by atoms with Crippen LogP contribution in [0.4, 0.5) is 0 Å². The van der Waals surface area contributed by atoms with Crippen molar-refractivity contribution in [2.45, 2.75) is 57.4 Å². The van der Waals surface area contributed by atoms with E-state index in [0.717, 1.165) is 26.2 Å². The number of nitriles is 1. The molecule has 0 aromatic carbocycles. The maximum absolute atomic E-state index is 9.45. The maximum Gasteiger partial charge on any atom is 0.103 e. The molecule has 2 heterocycles. The minimum atomic E-state index is 0.425. The fourth-order valence-electron chi connectivity index (χ4n) is 5.67. The minimum absolute atomic E-state index is 0.425. The normalized spacial score (nSPS) is 38.3.